The van der Waals surface area contributed by atoms with Crippen LogP contribution in [0, 0.1) is 27.7 Å². The molecule has 0 radical (unpaired) electrons. The lowest BCUT2D eigenvalue weighted by molar-refractivity contribution is 0.989. The summed E-state index contributed by atoms with van der Waals surface area (Å²) in [6.45, 7) is 9.63. The first-order valence-corrected chi connectivity index (χ1v) is 9.31. The molecule has 2 aromatic carbocycles. The highest BCUT2D eigenvalue weighted by Crippen LogP contribution is 2.36. The minimum Gasteiger partial charge on any atom is -0.368 e. The van der Waals surface area contributed by atoms with Gasteiger partial charge in [0.1, 0.15) is 11.6 Å². The van der Waals surface area contributed by atoms with E-state index in [1.54, 1.807) is 0 Å². The molecule has 0 aliphatic rings. The van der Waals surface area contributed by atoms with Gasteiger partial charge in [-0.3, -0.25) is 4.57 Å². The molecule has 0 aliphatic heterocycles. The van der Waals surface area contributed by atoms with Gasteiger partial charge >= 0.3 is 0 Å². The Morgan fingerprint density at radius 1 is 1.00 bits per heavy atom. The summed E-state index contributed by atoms with van der Waals surface area (Å²) in [6.07, 6.45) is 0. The first-order valence-electron chi connectivity index (χ1n) is 9.31. The van der Waals surface area contributed by atoms with Gasteiger partial charge in [-0.25, -0.2) is 9.97 Å². The van der Waals surface area contributed by atoms with E-state index in [9.17, 15) is 0 Å². The standard InChI is InChI=1S/C22H25N5/c1-13-11-14(2)20(15(3)12-13)27-18-8-6-5-7-17(18)19-21(24-10-9-23)25-16(4)26-22(19)27/h5-8,11-12H,9-10,23H2,1-4H3,(H,24,25,26). The fraction of sp³-hybridized carbons (Fsp3) is 0.273. The van der Waals surface area contributed by atoms with E-state index >= 15 is 0 Å². The van der Waals surface area contributed by atoms with Gasteiger partial charge in [0.05, 0.1) is 16.6 Å². The summed E-state index contributed by atoms with van der Waals surface area (Å²) >= 11 is 0. The molecular formula is C22H25N5. The van der Waals surface area contributed by atoms with Gasteiger partial charge in [-0.1, -0.05) is 35.9 Å². The molecule has 5 nitrogen and oxygen atoms in total. The third-order valence-corrected chi connectivity index (χ3v) is 4.92. The number of anilines is 1. The molecule has 0 bridgehead atoms. The fourth-order valence-corrected chi connectivity index (χ4v) is 4.03. The molecule has 5 heteroatoms. The third kappa shape index (κ3) is 2.84. The Morgan fingerprint density at radius 3 is 2.41 bits per heavy atom. The van der Waals surface area contributed by atoms with E-state index in [4.69, 9.17) is 10.7 Å². The maximum Gasteiger partial charge on any atom is 0.151 e. The average Bonchev–Trinajstić information content (AvgIpc) is 2.93. The highest BCUT2D eigenvalue weighted by Gasteiger charge is 2.20. The van der Waals surface area contributed by atoms with E-state index in [1.807, 2.05) is 6.92 Å². The Hall–Kier alpha value is -2.92. The second-order valence-corrected chi connectivity index (χ2v) is 7.13. The molecule has 2 heterocycles. The Balaban J connectivity index is 2.16. The zero-order valence-corrected chi connectivity index (χ0v) is 16.3. The Morgan fingerprint density at radius 2 is 1.70 bits per heavy atom. The van der Waals surface area contributed by atoms with Crippen LogP contribution in [0.1, 0.15) is 22.5 Å². The first kappa shape index (κ1) is 17.5. The molecule has 138 valence electrons. The first-order chi connectivity index (χ1) is 13.0. The van der Waals surface area contributed by atoms with Crippen molar-refractivity contribution in [2.45, 2.75) is 27.7 Å². The highest BCUT2D eigenvalue weighted by atomic mass is 15.1. The molecule has 0 saturated carbocycles. The second-order valence-electron chi connectivity index (χ2n) is 7.13. The number of rotatable bonds is 4. The summed E-state index contributed by atoms with van der Waals surface area (Å²) < 4.78 is 2.27. The molecule has 3 N–H and O–H groups in total. The zero-order chi connectivity index (χ0) is 19.1. The maximum atomic E-state index is 5.71. The van der Waals surface area contributed by atoms with Crippen LogP contribution in [0.4, 0.5) is 5.82 Å². The molecule has 0 saturated heterocycles. The van der Waals surface area contributed by atoms with Gasteiger partial charge in [-0.2, -0.15) is 0 Å². The number of nitrogens with zero attached hydrogens (tertiary/aromatic N) is 3. The molecule has 0 aliphatic carbocycles. The summed E-state index contributed by atoms with van der Waals surface area (Å²) in [5, 5.41) is 5.57. The number of aromatic nitrogens is 3. The second kappa shape index (κ2) is 6.67. The number of benzene rings is 2. The van der Waals surface area contributed by atoms with E-state index in [0.717, 1.165) is 33.6 Å². The number of hydrogen-bond donors (Lipinski definition) is 2. The van der Waals surface area contributed by atoms with Gasteiger partial charge in [0, 0.05) is 18.5 Å². The molecule has 4 aromatic rings. The van der Waals surface area contributed by atoms with Crippen LogP contribution in [-0.2, 0) is 0 Å². The molecule has 27 heavy (non-hydrogen) atoms. The third-order valence-electron chi connectivity index (χ3n) is 4.92. The number of aryl methyl sites for hydroxylation is 4. The molecule has 0 fully saturated rings. The van der Waals surface area contributed by atoms with E-state index in [0.29, 0.717) is 13.1 Å². The maximum absolute atomic E-state index is 5.71. The summed E-state index contributed by atoms with van der Waals surface area (Å²) in [4.78, 5) is 9.51. The van der Waals surface area contributed by atoms with Gasteiger partial charge in [-0.15, -0.1) is 0 Å². The minimum absolute atomic E-state index is 0.555. The Labute approximate surface area is 159 Å². The normalized spacial score (nSPS) is 11.4. The largest absolute Gasteiger partial charge is 0.368 e. The van der Waals surface area contributed by atoms with Gasteiger partial charge < -0.3 is 11.1 Å². The molecule has 0 amide bonds. The quantitative estimate of drug-likeness (QED) is 0.573. The van der Waals surface area contributed by atoms with Crippen molar-refractivity contribution in [2.24, 2.45) is 5.73 Å². The fourth-order valence-electron chi connectivity index (χ4n) is 4.03. The van der Waals surface area contributed by atoms with E-state index in [2.05, 4.69) is 72.0 Å². The van der Waals surface area contributed by atoms with Gasteiger partial charge in [-0.05, 0) is 44.9 Å². The van der Waals surface area contributed by atoms with Crippen LogP contribution in [0.3, 0.4) is 0 Å². The van der Waals surface area contributed by atoms with Crippen molar-refractivity contribution in [2.75, 3.05) is 18.4 Å². The van der Waals surface area contributed by atoms with Crippen LogP contribution in [0.15, 0.2) is 36.4 Å². The Kier molecular flexibility index (Phi) is 4.32. The minimum atomic E-state index is 0.555. The number of nitrogens with one attached hydrogen (secondary N) is 1. The molecule has 4 rings (SSSR count). The lowest BCUT2D eigenvalue weighted by Gasteiger charge is -2.15. The van der Waals surface area contributed by atoms with E-state index in [1.165, 1.54) is 22.4 Å². The van der Waals surface area contributed by atoms with Crippen LogP contribution in [0.5, 0.6) is 0 Å². The van der Waals surface area contributed by atoms with Gasteiger partial charge in [0.25, 0.3) is 0 Å². The van der Waals surface area contributed by atoms with Crippen molar-refractivity contribution in [3.05, 3.63) is 58.9 Å². The SMILES string of the molecule is Cc1cc(C)c(-n2c3ccccc3c3c(NCCN)nc(C)nc32)c(C)c1. The number of fused-ring (bicyclic) bond motifs is 3. The molecule has 0 unspecified atom stereocenters. The summed E-state index contributed by atoms with van der Waals surface area (Å²) in [6, 6.07) is 12.9. The number of para-hydroxylation sites is 1. The smallest absolute Gasteiger partial charge is 0.151 e. The van der Waals surface area contributed by atoms with Crippen LogP contribution in [-0.4, -0.2) is 27.6 Å². The predicted octanol–water partition coefficient (Wildman–Crippen LogP) is 4.18. The zero-order valence-electron chi connectivity index (χ0n) is 16.3. The van der Waals surface area contributed by atoms with Crippen molar-refractivity contribution >= 4 is 27.8 Å². The number of hydrogen-bond acceptors (Lipinski definition) is 4. The van der Waals surface area contributed by atoms with Crippen molar-refractivity contribution in [1.29, 1.82) is 0 Å². The van der Waals surface area contributed by atoms with Crippen LogP contribution < -0.4 is 11.1 Å². The lowest BCUT2D eigenvalue weighted by Crippen LogP contribution is -2.14. The predicted molar refractivity (Wildman–Crippen MR) is 113 cm³/mol. The molecule has 2 aromatic heterocycles. The van der Waals surface area contributed by atoms with Crippen molar-refractivity contribution < 1.29 is 0 Å². The molecule has 0 spiro atoms. The summed E-state index contributed by atoms with van der Waals surface area (Å²) in [7, 11) is 0. The molecule has 0 atom stereocenters. The summed E-state index contributed by atoms with van der Waals surface area (Å²) in [5.41, 5.74) is 12.7. The topological polar surface area (TPSA) is 68.8 Å². The van der Waals surface area contributed by atoms with E-state index in [-0.39, 0.29) is 0 Å². The molecular weight excluding hydrogens is 334 g/mol. The van der Waals surface area contributed by atoms with Crippen LogP contribution in [0.25, 0.3) is 27.6 Å². The van der Waals surface area contributed by atoms with Crippen molar-refractivity contribution in [3.63, 3.8) is 0 Å². The monoisotopic (exact) mass is 359 g/mol. The van der Waals surface area contributed by atoms with Crippen molar-refractivity contribution in [3.8, 4) is 5.69 Å². The summed E-state index contributed by atoms with van der Waals surface area (Å²) in [5.74, 6) is 1.59. The van der Waals surface area contributed by atoms with Crippen LogP contribution >= 0.6 is 0 Å². The van der Waals surface area contributed by atoms with Gasteiger partial charge in [0.15, 0.2) is 5.65 Å². The van der Waals surface area contributed by atoms with Crippen molar-refractivity contribution in [1.82, 2.24) is 14.5 Å². The van der Waals surface area contributed by atoms with E-state index < -0.39 is 0 Å². The lowest BCUT2D eigenvalue weighted by atomic mass is 10.0. The highest BCUT2D eigenvalue weighted by molar-refractivity contribution is 6.13. The van der Waals surface area contributed by atoms with Crippen LogP contribution in [0.2, 0.25) is 0 Å². The van der Waals surface area contributed by atoms with Gasteiger partial charge in [0.2, 0.25) is 0 Å². The Bertz CT molecular complexity index is 1130. The average molecular weight is 359 g/mol. The number of nitrogens with two attached hydrogens (primary N) is 1.